The van der Waals surface area contributed by atoms with Gasteiger partial charge < -0.3 is 4.74 Å². The zero-order valence-corrected chi connectivity index (χ0v) is 12.6. The minimum atomic E-state index is 0.189. The fraction of sp³-hybridized carbons (Fsp3) is 0.533. The van der Waals surface area contributed by atoms with Gasteiger partial charge in [0.15, 0.2) is 5.78 Å². The molecule has 0 bridgehead atoms. The van der Waals surface area contributed by atoms with E-state index in [4.69, 9.17) is 4.74 Å². The molecule has 0 saturated carbocycles. The first-order valence-corrected chi connectivity index (χ1v) is 7.58. The third kappa shape index (κ3) is 3.98. The fourth-order valence-electron chi connectivity index (χ4n) is 2.48. The highest BCUT2D eigenvalue weighted by Crippen LogP contribution is 2.24. The Morgan fingerprint density at radius 1 is 1.26 bits per heavy atom. The molecule has 0 spiro atoms. The summed E-state index contributed by atoms with van der Waals surface area (Å²) in [6.07, 6.45) is 0. The van der Waals surface area contributed by atoms with E-state index in [1.54, 1.807) is 7.11 Å². The molecule has 1 aliphatic heterocycles. The molecule has 2 rings (SSSR count). The largest absolute Gasteiger partial charge is 0.497 e. The molecule has 1 heterocycles. The van der Waals surface area contributed by atoms with E-state index < -0.39 is 0 Å². The highest BCUT2D eigenvalue weighted by molar-refractivity contribution is 8.00. The zero-order chi connectivity index (χ0) is 13.8. The summed E-state index contributed by atoms with van der Waals surface area (Å²) in [5.41, 5.74) is 0.763. The van der Waals surface area contributed by atoms with E-state index in [0.717, 1.165) is 24.4 Å². The number of benzene rings is 1. The Balaban J connectivity index is 1.96. The molecule has 2 unspecified atom stereocenters. The van der Waals surface area contributed by atoms with E-state index in [1.807, 2.05) is 36.0 Å². The Kier molecular flexibility index (Phi) is 4.88. The van der Waals surface area contributed by atoms with Gasteiger partial charge in [-0.3, -0.25) is 9.69 Å². The maximum Gasteiger partial charge on any atom is 0.176 e. The molecule has 0 aromatic heterocycles. The smallest absolute Gasteiger partial charge is 0.176 e. The van der Waals surface area contributed by atoms with Crippen LogP contribution < -0.4 is 4.74 Å². The van der Waals surface area contributed by atoms with Gasteiger partial charge in [0, 0.05) is 29.2 Å². The maximum atomic E-state index is 12.2. The number of carbonyl (C=O) groups excluding carboxylic acids is 1. The van der Waals surface area contributed by atoms with Gasteiger partial charge in [-0.2, -0.15) is 11.8 Å². The minimum absolute atomic E-state index is 0.189. The number of hydrogen-bond donors (Lipinski definition) is 0. The number of thioether (sulfide) groups is 1. The molecule has 0 N–H and O–H groups in total. The van der Waals surface area contributed by atoms with Crippen LogP contribution in [0.1, 0.15) is 24.2 Å². The second-order valence-corrected chi connectivity index (χ2v) is 6.98. The van der Waals surface area contributed by atoms with E-state index in [2.05, 4.69) is 18.7 Å². The highest BCUT2D eigenvalue weighted by atomic mass is 32.2. The Labute approximate surface area is 119 Å². The molecule has 2 atom stereocenters. The van der Waals surface area contributed by atoms with Crippen LogP contribution >= 0.6 is 11.8 Å². The molecule has 1 aromatic carbocycles. The first-order valence-electron chi connectivity index (χ1n) is 6.63. The molecular weight excluding hydrogens is 258 g/mol. The second-order valence-electron chi connectivity index (χ2n) is 5.10. The molecule has 0 amide bonds. The second kappa shape index (κ2) is 6.44. The summed E-state index contributed by atoms with van der Waals surface area (Å²) in [5.74, 6) is 0.974. The monoisotopic (exact) mass is 279 g/mol. The molecule has 1 saturated heterocycles. The van der Waals surface area contributed by atoms with Crippen molar-refractivity contribution in [1.82, 2.24) is 4.90 Å². The molecule has 1 fully saturated rings. The molecule has 3 nitrogen and oxygen atoms in total. The van der Waals surface area contributed by atoms with E-state index in [-0.39, 0.29) is 5.78 Å². The third-order valence-electron chi connectivity index (χ3n) is 3.27. The van der Waals surface area contributed by atoms with Crippen molar-refractivity contribution < 1.29 is 9.53 Å². The number of Topliss-reactive ketones (excluding diaryl/α,β-unsaturated/α-hetero) is 1. The first-order chi connectivity index (χ1) is 9.08. The van der Waals surface area contributed by atoms with Gasteiger partial charge in [-0.05, 0) is 24.3 Å². The lowest BCUT2D eigenvalue weighted by Crippen LogP contribution is -2.42. The summed E-state index contributed by atoms with van der Waals surface area (Å²) < 4.78 is 5.10. The third-order valence-corrected chi connectivity index (χ3v) is 4.50. The van der Waals surface area contributed by atoms with Gasteiger partial charge in [0.05, 0.1) is 13.7 Å². The van der Waals surface area contributed by atoms with Crippen LogP contribution in [0, 0.1) is 0 Å². The van der Waals surface area contributed by atoms with Crippen LogP contribution in [0.25, 0.3) is 0 Å². The SMILES string of the molecule is COc1ccc(C(=O)CN2CC(C)SC(C)C2)cc1. The van der Waals surface area contributed by atoms with Crippen molar-refractivity contribution in [2.24, 2.45) is 0 Å². The van der Waals surface area contributed by atoms with Gasteiger partial charge in [0.1, 0.15) is 5.75 Å². The van der Waals surface area contributed by atoms with Crippen LogP contribution in [0.15, 0.2) is 24.3 Å². The van der Waals surface area contributed by atoms with Crippen molar-refractivity contribution in [1.29, 1.82) is 0 Å². The van der Waals surface area contributed by atoms with Crippen LogP contribution in [0.4, 0.5) is 0 Å². The van der Waals surface area contributed by atoms with Crippen LogP contribution in [0.2, 0.25) is 0 Å². The normalized spacial score (nSPS) is 24.2. The molecule has 1 aliphatic rings. The lowest BCUT2D eigenvalue weighted by atomic mass is 10.1. The summed E-state index contributed by atoms with van der Waals surface area (Å²) in [7, 11) is 1.63. The van der Waals surface area contributed by atoms with Gasteiger partial charge >= 0.3 is 0 Å². The molecular formula is C15H21NO2S. The molecule has 0 radical (unpaired) electrons. The number of ether oxygens (including phenoxy) is 1. The zero-order valence-electron chi connectivity index (χ0n) is 11.8. The quantitative estimate of drug-likeness (QED) is 0.793. The Hall–Kier alpha value is -1.00. The van der Waals surface area contributed by atoms with Crippen LogP contribution in [0.5, 0.6) is 5.75 Å². The molecule has 0 aliphatic carbocycles. The van der Waals surface area contributed by atoms with E-state index in [9.17, 15) is 4.79 Å². The fourth-order valence-corrected chi connectivity index (χ4v) is 3.87. The van der Waals surface area contributed by atoms with E-state index in [1.165, 1.54) is 0 Å². The van der Waals surface area contributed by atoms with Gasteiger partial charge in [-0.25, -0.2) is 0 Å². The highest BCUT2D eigenvalue weighted by Gasteiger charge is 2.23. The van der Waals surface area contributed by atoms with Crippen molar-refractivity contribution in [2.45, 2.75) is 24.3 Å². The van der Waals surface area contributed by atoms with Gasteiger partial charge in [-0.15, -0.1) is 0 Å². The average molecular weight is 279 g/mol. The van der Waals surface area contributed by atoms with Crippen molar-refractivity contribution in [2.75, 3.05) is 26.7 Å². The van der Waals surface area contributed by atoms with E-state index in [0.29, 0.717) is 17.0 Å². The van der Waals surface area contributed by atoms with Crippen LogP contribution in [-0.2, 0) is 0 Å². The number of nitrogens with zero attached hydrogens (tertiary/aromatic N) is 1. The summed E-state index contributed by atoms with van der Waals surface area (Å²) in [4.78, 5) is 14.5. The van der Waals surface area contributed by atoms with Crippen molar-refractivity contribution in [3.05, 3.63) is 29.8 Å². The van der Waals surface area contributed by atoms with Crippen molar-refractivity contribution >= 4 is 17.5 Å². The number of ketones is 1. The van der Waals surface area contributed by atoms with Gasteiger partial charge in [0.2, 0.25) is 0 Å². The Morgan fingerprint density at radius 2 is 1.84 bits per heavy atom. The summed E-state index contributed by atoms with van der Waals surface area (Å²) in [5, 5.41) is 1.21. The Bertz CT molecular complexity index is 422. The lowest BCUT2D eigenvalue weighted by molar-refractivity contribution is 0.0930. The minimum Gasteiger partial charge on any atom is -0.497 e. The predicted molar refractivity (Wildman–Crippen MR) is 80.3 cm³/mol. The average Bonchev–Trinajstić information content (AvgIpc) is 2.37. The van der Waals surface area contributed by atoms with Gasteiger partial charge in [-0.1, -0.05) is 13.8 Å². The van der Waals surface area contributed by atoms with E-state index >= 15 is 0 Å². The summed E-state index contributed by atoms with van der Waals surface area (Å²) in [6.45, 7) is 6.96. The van der Waals surface area contributed by atoms with Gasteiger partial charge in [0.25, 0.3) is 0 Å². The first kappa shape index (κ1) is 14.4. The summed E-state index contributed by atoms with van der Waals surface area (Å²) in [6, 6.07) is 7.36. The molecule has 4 heteroatoms. The number of carbonyl (C=O) groups is 1. The number of rotatable bonds is 4. The predicted octanol–water partition coefficient (Wildman–Crippen LogP) is 2.70. The lowest BCUT2D eigenvalue weighted by Gasteiger charge is -2.34. The molecule has 104 valence electrons. The molecule has 1 aromatic rings. The number of hydrogen-bond acceptors (Lipinski definition) is 4. The topological polar surface area (TPSA) is 29.5 Å². The molecule has 19 heavy (non-hydrogen) atoms. The van der Waals surface area contributed by atoms with Crippen molar-refractivity contribution in [3.63, 3.8) is 0 Å². The Morgan fingerprint density at radius 3 is 2.37 bits per heavy atom. The van der Waals surface area contributed by atoms with Crippen LogP contribution in [0.3, 0.4) is 0 Å². The summed E-state index contributed by atoms with van der Waals surface area (Å²) >= 11 is 2.00. The maximum absolute atomic E-state index is 12.2. The van der Waals surface area contributed by atoms with Crippen LogP contribution in [-0.4, -0.2) is 47.9 Å². The standard InChI is InChI=1S/C15H21NO2S/c1-11-8-16(9-12(2)19-11)10-15(17)13-4-6-14(18-3)7-5-13/h4-7,11-12H,8-10H2,1-3H3. The van der Waals surface area contributed by atoms with Crippen molar-refractivity contribution in [3.8, 4) is 5.75 Å². The number of methoxy groups -OCH3 is 1.